The molecule has 0 aromatic heterocycles. The standard InChI is InChI=1S/C11H18N2O3.C3H6OS2.2Na.2H/c1-4-6-7(3)11(5-2)8(14)12-10(16)13-9(11)15;1-2-4-3(5)6;;;;/h7H,4-6H2,1-3H3,(H2,12,13,14,15,16);2H2,1H3,(H,5,6);;;;/q;;2*+1;2*-1. The number of carbonyl (C=O) groups is 3. The molecule has 1 heterocycles. The summed E-state index contributed by atoms with van der Waals surface area (Å²) in [5.74, 6) is -1.01. The van der Waals surface area contributed by atoms with E-state index < -0.39 is 23.3 Å². The number of urea groups is 1. The summed E-state index contributed by atoms with van der Waals surface area (Å²) in [6, 6.07) is -0.720. The van der Waals surface area contributed by atoms with E-state index in [-0.39, 0.29) is 67.9 Å². The summed E-state index contributed by atoms with van der Waals surface area (Å²) in [6.45, 7) is 8.15. The van der Waals surface area contributed by atoms with Crippen molar-refractivity contribution in [2.75, 3.05) is 6.61 Å². The van der Waals surface area contributed by atoms with Crippen molar-refractivity contribution in [2.45, 2.75) is 47.0 Å². The second-order valence-electron chi connectivity index (χ2n) is 4.95. The summed E-state index contributed by atoms with van der Waals surface area (Å²) in [4.78, 5) is 34.8. The number of ether oxygens (including phenoxy) is 1. The summed E-state index contributed by atoms with van der Waals surface area (Å²) >= 11 is 8.12. The van der Waals surface area contributed by atoms with Gasteiger partial charge in [-0.1, -0.05) is 39.8 Å². The molecule has 1 rings (SSSR count). The molecule has 1 aliphatic rings. The zero-order valence-electron chi connectivity index (χ0n) is 17.4. The Balaban J connectivity index is -0.000000129. The Hall–Kier alpha value is 0.850. The second-order valence-corrected chi connectivity index (χ2v) is 6.03. The molecule has 4 amide bonds. The van der Waals surface area contributed by atoms with Crippen molar-refractivity contribution in [1.82, 2.24) is 10.6 Å². The average molecular weight is 396 g/mol. The van der Waals surface area contributed by atoms with Crippen LogP contribution in [-0.2, 0) is 14.3 Å². The normalized spacial score (nSPS) is 16.1. The number of barbiturate groups is 1. The van der Waals surface area contributed by atoms with Crippen LogP contribution in [0, 0.1) is 11.3 Å². The van der Waals surface area contributed by atoms with Crippen LogP contribution in [0.3, 0.4) is 0 Å². The number of hydrogen-bond donors (Lipinski definition) is 3. The van der Waals surface area contributed by atoms with Gasteiger partial charge >= 0.3 is 65.1 Å². The van der Waals surface area contributed by atoms with Gasteiger partial charge in [0.15, 0.2) is 0 Å². The van der Waals surface area contributed by atoms with Crippen LogP contribution in [0.2, 0.25) is 0 Å². The zero-order chi connectivity index (χ0) is 17.3. The molecule has 0 aromatic carbocycles. The van der Waals surface area contributed by atoms with Crippen LogP contribution in [-0.4, -0.2) is 28.8 Å². The molecule has 1 aliphatic heterocycles. The molecule has 1 fully saturated rings. The maximum atomic E-state index is 11.9. The predicted molar refractivity (Wildman–Crippen MR) is 93.9 cm³/mol. The van der Waals surface area contributed by atoms with Gasteiger partial charge in [0.05, 0.1) is 6.61 Å². The average Bonchev–Trinajstić information content (AvgIpc) is 2.39. The maximum Gasteiger partial charge on any atom is 1.00 e. The molecule has 0 radical (unpaired) electrons. The summed E-state index contributed by atoms with van der Waals surface area (Å²) in [7, 11) is 0. The monoisotopic (exact) mass is 396 g/mol. The van der Waals surface area contributed by atoms with Crippen LogP contribution >= 0.6 is 24.8 Å². The Morgan fingerprint density at radius 2 is 1.67 bits per heavy atom. The largest absolute Gasteiger partial charge is 1.00 e. The van der Waals surface area contributed by atoms with Crippen molar-refractivity contribution in [2.24, 2.45) is 11.3 Å². The van der Waals surface area contributed by atoms with E-state index in [9.17, 15) is 14.4 Å². The molecule has 0 spiro atoms. The Morgan fingerprint density at radius 3 is 1.92 bits per heavy atom. The van der Waals surface area contributed by atoms with Crippen molar-refractivity contribution in [3.63, 3.8) is 0 Å². The molecule has 0 saturated carbocycles. The Morgan fingerprint density at radius 1 is 1.21 bits per heavy atom. The van der Waals surface area contributed by atoms with Crippen molar-refractivity contribution in [3.8, 4) is 0 Å². The van der Waals surface area contributed by atoms with Crippen LogP contribution in [0.4, 0.5) is 4.79 Å². The van der Waals surface area contributed by atoms with Gasteiger partial charge in [-0.2, -0.15) is 0 Å². The van der Waals surface area contributed by atoms with Crippen LogP contribution in [0.1, 0.15) is 49.8 Å². The topological polar surface area (TPSA) is 84.5 Å². The number of amides is 4. The van der Waals surface area contributed by atoms with E-state index in [4.69, 9.17) is 0 Å². The number of rotatable bonds is 5. The number of carbonyl (C=O) groups excluding carboxylic acids is 3. The van der Waals surface area contributed by atoms with E-state index in [1.54, 1.807) is 6.92 Å². The van der Waals surface area contributed by atoms with Crippen LogP contribution in [0.25, 0.3) is 0 Å². The molecule has 1 saturated heterocycles. The van der Waals surface area contributed by atoms with Gasteiger partial charge in [0.25, 0.3) is 0 Å². The molecule has 0 aliphatic carbocycles. The Labute approximate surface area is 201 Å². The molecule has 1 atom stereocenters. The van der Waals surface area contributed by atoms with E-state index in [1.165, 1.54) is 0 Å². The summed E-state index contributed by atoms with van der Waals surface area (Å²) in [6.07, 6.45) is 2.08. The second kappa shape index (κ2) is 15.0. The molecule has 0 bridgehead atoms. The Kier molecular flexibility index (Phi) is 18.5. The Bertz CT molecular complexity index is 441. The quantitative estimate of drug-likeness (QED) is 0.196. The minimum Gasteiger partial charge on any atom is -1.00 e. The molecule has 1 unspecified atom stereocenters. The number of imide groups is 2. The van der Waals surface area contributed by atoms with Gasteiger partial charge < -0.3 is 7.59 Å². The summed E-state index contributed by atoms with van der Waals surface area (Å²) < 4.78 is 4.95. The van der Waals surface area contributed by atoms with Gasteiger partial charge in [0.1, 0.15) is 5.41 Å². The molecular weight excluding hydrogens is 370 g/mol. The molecule has 6 nitrogen and oxygen atoms in total. The van der Waals surface area contributed by atoms with Gasteiger partial charge in [-0.05, 0) is 37.9 Å². The van der Waals surface area contributed by atoms with Crippen LogP contribution < -0.4 is 69.7 Å². The number of thiol groups is 1. The first-order chi connectivity index (χ1) is 10.3. The van der Waals surface area contributed by atoms with E-state index >= 15 is 0 Å². The molecular formula is C14H26N2Na2O4S2. The maximum absolute atomic E-state index is 11.9. The van der Waals surface area contributed by atoms with E-state index in [0.717, 1.165) is 12.8 Å². The molecule has 0 aromatic rings. The van der Waals surface area contributed by atoms with Gasteiger partial charge in [-0.3, -0.25) is 20.2 Å². The first-order valence-corrected chi connectivity index (χ1v) is 8.14. The third-order valence-corrected chi connectivity index (χ3v) is 3.90. The van der Waals surface area contributed by atoms with Crippen molar-refractivity contribution >= 4 is 47.1 Å². The van der Waals surface area contributed by atoms with Gasteiger partial charge in [-0.15, -0.1) is 0 Å². The fourth-order valence-electron chi connectivity index (χ4n) is 2.48. The number of nitrogens with one attached hydrogen (secondary N) is 2. The minimum absolute atomic E-state index is 0. The summed E-state index contributed by atoms with van der Waals surface area (Å²) in [5.41, 5.74) is -1.09. The molecule has 2 N–H and O–H groups in total. The SMILES string of the molecule is CCCC(C)C1(CC)C(=O)NC(=O)NC1=O.CCOC(=S)S.[H-].[H-].[Na+].[Na+]. The van der Waals surface area contributed by atoms with Gasteiger partial charge in [0, 0.05) is 0 Å². The predicted octanol–water partition coefficient (Wildman–Crippen LogP) is -3.34. The first-order valence-electron chi connectivity index (χ1n) is 7.28. The number of thiocarbonyl (C=S) groups is 1. The van der Waals surface area contributed by atoms with Crippen molar-refractivity contribution in [3.05, 3.63) is 0 Å². The van der Waals surface area contributed by atoms with Crippen molar-refractivity contribution in [1.29, 1.82) is 0 Å². The fourth-order valence-corrected chi connectivity index (χ4v) is 2.73. The third-order valence-electron chi connectivity index (χ3n) is 3.65. The molecule has 24 heavy (non-hydrogen) atoms. The van der Waals surface area contributed by atoms with Crippen molar-refractivity contribution < 1.29 is 81.1 Å². The van der Waals surface area contributed by atoms with E-state index in [1.807, 2.05) is 20.8 Å². The molecule has 10 heteroatoms. The van der Waals surface area contributed by atoms with Crippen LogP contribution in [0.15, 0.2) is 0 Å². The summed E-state index contributed by atoms with van der Waals surface area (Å²) in [5, 5.41) is 4.36. The first kappa shape index (κ1) is 29.6. The third kappa shape index (κ3) is 8.49. The van der Waals surface area contributed by atoms with E-state index in [0.29, 0.717) is 17.4 Å². The van der Waals surface area contributed by atoms with Gasteiger partial charge in [0.2, 0.25) is 16.2 Å². The van der Waals surface area contributed by atoms with E-state index in [2.05, 4.69) is 40.2 Å². The number of hydrogen-bond acceptors (Lipinski definition) is 5. The zero-order valence-corrected chi connectivity index (χ0v) is 21.1. The van der Waals surface area contributed by atoms with Crippen LogP contribution in [0.5, 0.6) is 0 Å². The fraction of sp³-hybridized carbons (Fsp3) is 0.714. The smallest absolute Gasteiger partial charge is 1.00 e. The van der Waals surface area contributed by atoms with Gasteiger partial charge in [-0.25, -0.2) is 4.79 Å². The minimum atomic E-state index is -1.09. The molecule has 130 valence electrons.